The van der Waals surface area contributed by atoms with E-state index in [4.69, 9.17) is 4.42 Å². The van der Waals surface area contributed by atoms with Crippen molar-refractivity contribution in [3.8, 4) is 28.4 Å². The molecule has 3 heterocycles. The molecule has 0 fully saturated rings. The minimum absolute atomic E-state index is 0.135. The first kappa shape index (κ1) is 26.2. The van der Waals surface area contributed by atoms with E-state index in [9.17, 15) is 31.1 Å². The van der Waals surface area contributed by atoms with Crippen LogP contribution in [0.15, 0.2) is 76.5 Å². The third-order valence-electron chi connectivity index (χ3n) is 5.79. The minimum Gasteiger partial charge on any atom is -0.505 e. The average molecular weight is 562 g/mol. The fraction of sp³-hybridized carbons (Fsp3) is 0.160. The maximum Gasteiger partial charge on any atom is 0.416 e. The highest BCUT2D eigenvalue weighted by Crippen LogP contribution is 2.34. The Kier molecular flexibility index (Phi) is 6.72. The Labute approximate surface area is 218 Å². The molecular formula is C25H19F4N5O4S. The Bertz CT molecular complexity index is 1750. The summed E-state index contributed by atoms with van der Waals surface area (Å²) in [6, 6.07) is 8.78. The zero-order chi connectivity index (χ0) is 27.8. The summed E-state index contributed by atoms with van der Waals surface area (Å²) in [4.78, 5) is 12.9. The number of benzene rings is 2. The van der Waals surface area contributed by atoms with Crippen LogP contribution in [0.4, 0.5) is 23.5 Å². The lowest BCUT2D eigenvalue weighted by molar-refractivity contribution is -0.137. The molecule has 0 saturated heterocycles. The van der Waals surface area contributed by atoms with Gasteiger partial charge < -0.3 is 14.8 Å². The minimum atomic E-state index is -4.55. The van der Waals surface area contributed by atoms with E-state index in [1.807, 2.05) is 0 Å². The van der Waals surface area contributed by atoms with E-state index < -0.39 is 33.1 Å². The second-order valence-corrected chi connectivity index (χ2v) is 10.5. The number of hydrogen-bond donors (Lipinski definition) is 2. The first-order valence-corrected chi connectivity index (χ1v) is 13.1. The number of aromatic nitrogens is 4. The van der Waals surface area contributed by atoms with E-state index >= 15 is 0 Å². The highest BCUT2D eigenvalue weighted by Gasteiger charge is 2.30. The van der Waals surface area contributed by atoms with Crippen LogP contribution in [-0.2, 0) is 16.0 Å². The Morgan fingerprint density at radius 2 is 1.82 bits per heavy atom. The number of alkyl halides is 3. The van der Waals surface area contributed by atoms with E-state index in [1.165, 1.54) is 24.6 Å². The molecule has 0 unspecified atom stereocenters. The zero-order valence-corrected chi connectivity index (χ0v) is 20.7. The van der Waals surface area contributed by atoms with E-state index in [2.05, 4.69) is 20.3 Å². The first-order chi connectivity index (χ1) is 18.5. The van der Waals surface area contributed by atoms with Gasteiger partial charge in [-0.15, -0.1) is 0 Å². The topological polar surface area (TPSA) is 123 Å². The summed E-state index contributed by atoms with van der Waals surface area (Å²) < 4.78 is 83.9. The molecule has 0 saturated carbocycles. The Morgan fingerprint density at radius 1 is 1.05 bits per heavy atom. The molecule has 2 N–H and O–H groups in total. The lowest BCUT2D eigenvalue weighted by atomic mass is 10.1. The molecule has 0 aliphatic rings. The van der Waals surface area contributed by atoms with Gasteiger partial charge in [0.05, 0.1) is 21.9 Å². The lowest BCUT2D eigenvalue weighted by Crippen LogP contribution is -2.13. The first-order valence-electron chi connectivity index (χ1n) is 11.4. The number of oxazole rings is 1. The van der Waals surface area contributed by atoms with Gasteiger partial charge in [0.25, 0.3) is 0 Å². The third-order valence-corrected chi connectivity index (χ3v) is 7.61. The molecule has 0 spiro atoms. The van der Waals surface area contributed by atoms with Crippen molar-refractivity contribution in [3.05, 3.63) is 78.6 Å². The van der Waals surface area contributed by atoms with Crippen molar-refractivity contribution in [1.82, 2.24) is 19.4 Å². The monoisotopic (exact) mass is 561 g/mol. The highest BCUT2D eigenvalue weighted by atomic mass is 32.2. The fourth-order valence-corrected chi connectivity index (χ4v) is 5.21. The number of phenolic OH excluding ortho intramolecular Hbond substituents is 1. The van der Waals surface area contributed by atoms with Gasteiger partial charge in [-0.2, -0.15) is 18.2 Å². The Hall–Kier alpha value is -4.46. The summed E-state index contributed by atoms with van der Waals surface area (Å²) in [6.07, 6.45) is 0.106. The van der Waals surface area contributed by atoms with E-state index in [1.54, 1.807) is 16.7 Å². The molecule has 14 heteroatoms. The van der Waals surface area contributed by atoms with Crippen molar-refractivity contribution in [3.63, 3.8) is 0 Å². The predicted octanol–water partition coefficient (Wildman–Crippen LogP) is 5.19. The largest absolute Gasteiger partial charge is 0.505 e. The van der Waals surface area contributed by atoms with Gasteiger partial charge in [0.15, 0.2) is 21.4 Å². The third kappa shape index (κ3) is 5.41. The fourth-order valence-electron chi connectivity index (χ4n) is 3.90. The number of nitrogens with one attached hydrogen (secondary N) is 1. The van der Waals surface area contributed by atoms with Crippen LogP contribution in [0.1, 0.15) is 12.0 Å². The summed E-state index contributed by atoms with van der Waals surface area (Å²) in [5, 5.41) is 12.8. The molecule has 202 valence electrons. The molecule has 0 atom stereocenters. The maximum absolute atomic E-state index is 13.6. The molecule has 3 aromatic heterocycles. The summed E-state index contributed by atoms with van der Waals surface area (Å²) in [5.41, 5.74) is 0.768. The van der Waals surface area contributed by atoms with Gasteiger partial charge in [-0.05, 0) is 55.0 Å². The SMILES string of the molecule is O=S(=O)(CCCNc1nccc(-c2c(-c3ccc(F)c(O)c3)nc3occn23)n1)c1ccc(C(F)(F)F)cc1. The molecule has 39 heavy (non-hydrogen) atoms. The Morgan fingerprint density at radius 3 is 2.54 bits per heavy atom. The van der Waals surface area contributed by atoms with Crippen LogP contribution in [0.25, 0.3) is 28.5 Å². The zero-order valence-electron chi connectivity index (χ0n) is 19.9. The van der Waals surface area contributed by atoms with Crippen molar-refractivity contribution >= 4 is 21.6 Å². The van der Waals surface area contributed by atoms with Gasteiger partial charge in [0, 0.05) is 24.5 Å². The number of nitrogens with zero attached hydrogens (tertiary/aromatic N) is 4. The van der Waals surface area contributed by atoms with Crippen molar-refractivity contribution < 1.29 is 35.5 Å². The number of aromatic hydroxyl groups is 1. The number of anilines is 1. The predicted molar refractivity (Wildman–Crippen MR) is 132 cm³/mol. The number of fused-ring (bicyclic) bond motifs is 1. The maximum atomic E-state index is 13.6. The standard InChI is InChI=1S/C25H19F4N5O4S/c26-18-7-2-15(14-20(18)35)21-22(34-11-12-38-24(34)33-21)19-8-10-31-23(32-19)30-9-1-13-39(36,37)17-5-3-16(4-6-17)25(27,28)29/h2-8,10-12,14,35H,1,9,13H2,(H,30,31,32). The molecule has 0 amide bonds. The molecule has 0 bridgehead atoms. The smallest absolute Gasteiger partial charge is 0.416 e. The number of halogens is 4. The number of rotatable bonds is 8. The van der Waals surface area contributed by atoms with Gasteiger partial charge >= 0.3 is 12.0 Å². The lowest BCUT2D eigenvalue weighted by Gasteiger charge is -2.09. The summed E-state index contributed by atoms with van der Waals surface area (Å²) in [6.45, 7) is 0.162. The Balaban J connectivity index is 1.31. The average Bonchev–Trinajstić information content (AvgIpc) is 3.50. The van der Waals surface area contributed by atoms with Crippen molar-refractivity contribution in [2.45, 2.75) is 17.5 Å². The number of imidazole rings is 1. The summed E-state index contributed by atoms with van der Waals surface area (Å²) in [7, 11) is -3.80. The molecule has 2 aromatic carbocycles. The number of hydrogen-bond acceptors (Lipinski definition) is 8. The van der Waals surface area contributed by atoms with Gasteiger partial charge in [-0.25, -0.2) is 22.8 Å². The van der Waals surface area contributed by atoms with E-state index in [-0.39, 0.29) is 35.4 Å². The van der Waals surface area contributed by atoms with Crippen LogP contribution < -0.4 is 5.32 Å². The highest BCUT2D eigenvalue weighted by molar-refractivity contribution is 7.91. The van der Waals surface area contributed by atoms with E-state index in [0.717, 1.165) is 30.3 Å². The second kappa shape index (κ2) is 10.0. The van der Waals surface area contributed by atoms with Crippen LogP contribution in [-0.4, -0.2) is 45.2 Å². The second-order valence-electron chi connectivity index (χ2n) is 8.42. The molecule has 0 aliphatic carbocycles. The summed E-state index contributed by atoms with van der Waals surface area (Å²) >= 11 is 0. The molecule has 0 aliphatic heterocycles. The van der Waals surface area contributed by atoms with Gasteiger partial charge in [-0.1, -0.05) is 0 Å². The van der Waals surface area contributed by atoms with Gasteiger partial charge in [0.1, 0.15) is 17.7 Å². The molecule has 5 rings (SSSR count). The van der Waals surface area contributed by atoms with Crippen LogP contribution in [0.5, 0.6) is 5.75 Å². The molecule has 9 nitrogen and oxygen atoms in total. The molecular weight excluding hydrogens is 542 g/mol. The molecule has 0 radical (unpaired) electrons. The van der Waals surface area contributed by atoms with Gasteiger partial charge in [0.2, 0.25) is 5.95 Å². The van der Waals surface area contributed by atoms with Crippen LogP contribution in [0.3, 0.4) is 0 Å². The number of phenols is 1. The van der Waals surface area contributed by atoms with Crippen LogP contribution in [0.2, 0.25) is 0 Å². The van der Waals surface area contributed by atoms with Gasteiger partial charge in [-0.3, -0.25) is 4.40 Å². The van der Waals surface area contributed by atoms with Crippen molar-refractivity contribution in [2.75, 3.05) is 17.6 Å². The van der Waals surface area contributed by atoms with Crippen LogP contribution in [0, 0.1) is 5.82 Å². The number of sulfone groups is 1. The van der Waals surface area contributed by atoms with E-state index in [0.29, 0.717) is 22.6 Å². The van der Waals surface area contributed by atoms with Crippen molar-refractivity contribution in [1.29, 1.82) is 0 Å². The molecule has 5 aromatic rings. The quantitative estimate of drug-likeness (QED) is 0.196. The normalized spacial score (nSPS) is 12.2. The summed E-state index contributed by atoms with van der Waals surface area (Å²) in [5.74, 6) is -1.20. The van der Waals surface area contributed by atoms with Crippen LogP contribution >= 0.6 is 0 Å². The van der Waals surface area contributed by atoms with Crippen molar-refractivity contribution in [2.24, 2.45) is 0 Å².